The molecule has 2 aromatic rings. The molecule has 0 spiro atoms. The number of aromatic nitrogens is 2. The second-order valence-electron chi connectivity index (χ2n) is 5.44. The molecule has 0 aliphatic heterocycles. The predicted octanol–water partition coefficient (Wildman–Crippen LogP) is 1.75. The highest BCUT2D eigenvalue weighted by molar-refractivity contribution is 5.92. The van der Waals surface area contributed by atoms with Crippen LogP contribution in [0.4, 0.5) is 5.82 Å². The van der Waals surface area contributed by atoms with Crippen molar-refractivity contribution in [1.29, 1.82) is 0 Å². The number of methoxy groups -OCH3 is 1. The van der Waals surface area contributed by atoms with Crippen LogP contribution in [0.3, 0.4) is 0 Å². The van der Waals surface area contributed by atoms with E-state index in [9.17, 15) is 4.79 Å². The molecular weight excluding hydrogens is 308 g/mol. The lowest BCUT2D eigenvalue weighted by Crippen LogP contribution is -2.34. The van der Waals surface area contributed by atoms with Crippen molar-refractivity contribution in [2.45, 2.75) is 13.0 Å². The first-order chi connectivity index (χ1) is 11.5. The lowest BCUT2D eigenvalue weighted by atomic mass is 10.3. The van der Waals surface area contributed by atoms with Gasteiger partial charge in [0, 0.05) is 14.1 Å². The van der Waals surface area contributed by atoms with Gasteiger partial charge in [0.1, 0.15) is 17.6 Å². The zero-order valence-corrected chi connectivity index (χ0v) is 14.3. The van der Waals surface area contributed by atoms with Crippen molar-refractivity contribution < 1.29 is 14.3 Å². The number of para-hydroxylation sites is 2. The molecule has 1 aromatic carbocycles. The van der Waals surface area contributed by atoms with Crippen molar-refractivity contribution in [2.75, 3.05) is 32.6 Å². The Kier molecular flexibility index (Phi) is 5.95. The van der Waals surface area contributed by atoms with E-state index in [1.165, 1.54) is 6.20 Å². The van der Waals surface area contributed by atoms with Crippen LogP contribution in [0.25, 0.3) is 0 Å². The Morgan fingerprint density at radius 2 is 1.92 bits per heavy atom. The summed E-state index contributed by atoms with van der Waals surface area (Å²) in [7, 11) is 5.31. The standard InChI is InChI=1S/C17H22N4O3/c1-12(24-15-8-6-5-7-14(15)23-4)9-20-17(22)13-10-19-16(11-18-13)21(2)3/h5-8,10-12H,9H2,1-4H3,(H,20,22). The Hall–Kier alpha value is -2.83. The van der Waals surface area contributed by atoms with Crippen LogP contribution < -0.4 is 19.7 Å². The molecule has 1 amide bonds. The molecule has 7 heteroatoms. The first-order valence-electron chi connectivity index (χ1n) is 7.58. The Morgan fingerprint density at radius 1 is 1.21 bits per heavy atom. The monoisotopic (exact) mass is 330 g/mol. The molecule has 1 atom stereocenters. The number of anilines is 1. The van der Waals surface area contributed by atoms with Gasteiger partial charge in [-0.2, -0.15) is 0 Å². The molecule has 0 saturated carbocycles. The Bertz CT molecular complexity index is 674. The largest absolute Gasteiger partial charge is 0.493 e. The third kappa shape index (κ3) is 4.58. The molecule has 0 saturated heterocycles. The zero-order chi connectivity index (χ0) is 17.5. The van der Waals surface area contributed by atoms with Gasteiger partial charge in [0.25, 0.3) is 5.91 Å². The lowest BCUT2D eigenvalue weighted by molar-refractivity contribution is 0.0926. The molecule has 0 radical (unpaired) electrons. The van der Waals surface area contributed by atoms with Crippen LogP contribution in [0.15, 0.2) is 36.7 Å². The van der Waals surface area contributed by atoms with Gasteiger partial charge in [0.05, 0.1) is 26.0 Å². The Labute approximate surface area is 141 Å². The maximum Gasteiger partial charge on any atom is 0.271 e. The van der Waals surface area contributed by atoms with E-state index < -0.39 is 0 Å². The van der Waals surface area contributed by atoms with E-state index in [1.54, 1.807) is 13.3 Å². The van der Waals surface area contributed by atoms with E-state index in [4.69, 9.17) is 9.47 Å². The molecule has 0 aliphatic rings. The smallest absolute Gasteiger partial charge is 0.271 e. The van der Waals surface area contributed by atoms with Gasteiger partial charge in [0.2, 0.25) is 0 Å². The van der Waals surface area contributed by atoms with Crippen LogP contribution in [-0.4, -0.2) is 49.7 Å². The summed E-state index contributed by atoms with van der Waals surface area (Å²) in [4.78, 5) is 22.2. The summed E-state index contributed by atoms with van der Waals surface area (Å²) in [6, 6.07) is 7.38. The highest BCUT2D eigenvalue weighted by Crippen LogP contribution is 2.26. The number of amides is 1. The maximum atomic E-state index is 12.1. The van der Waals surface area contributed by atoms with E-state index >= 15 is 0 Å². The molecule has 0 fully saturated rings. The average molecular weight is 330 g/mol. The van der Waals surface area contributed by atoms with Gasteiger partial charge in [-0.05, 0) is 19.1 Å². The van der Waals surface area contributed by atoms with Crippen LogP contribution in [0.2, 0.25) is 0 Å². The van der Waals surface area contributed by atoms with Crippen molar-refractivity contribution >= 4 is 11.7 Å². The summed E-state index contributed by atoms with van der Waals surface area (Å²) >= 11 is 0. The SMILES string of the molecule is COc1ccccc1OC(C)CNC(=O)c1cnc(N(C)C)cn1. The van der Waals surface area contributed by atoms with Gasteiger partial charge in [-0.25, -0.2) is 9.97 Å². The van der Waals surface area contributed by atoms with Crippen molar-refractivity contribution in [1.82, 2.24) is 15.3 Å². The van der Waals surface area contributed by atoms with E-state index in [0.29, 0.717) is 23.9 Å². The second-order valence-corrected chi connectivity index (χ2v) is 5.44. The number of hydrogen-bond donors (Lipinski definition) is 1. The molecule has 128 valence electrons. The van der Waals surface area contributed by atoms with E-state index in [1.807, 2.05) is 50.2 Å². The van der Waals surface area contributed by atoms with E-state index in [2.05, 4.69) is 15.3 Å². The van der Waals surface area contributed by atoms with Crippen LogP contribution >= 0.6 is 0 Å². The maximum absolute atomic E-state index is 12.1. The van der Waals surface area contributed by atoms with Crippen LogP contribution in [0.5, 0.6) is 11.5 Å². The molecule has 1 unspecified atom stereocenters. The van der Waals surface area contributed by atoms with Crippen molar-refractivity contribution in [3.8, 4) is 11.5 Å². The molecule has 0 aliphatic carbocycles. The first-order valence-corrected chi connectivity index (χ1v) is 7.58. The molecule has 1 heterocycles. The van der Waals surface area contributed by atoms with Gasteiger partial charge < -0.3 is 19.7 Å². The van der Waals surface area contributed by atoms with Crippen LogP contribution in [0, 0.1) is 0 Å². The molecule has 7 nitrogen and oxygen atoms in total. The van der Waals surface area contributed by atoms with E-state index in [0.717, 1.165) is 0 Å². The minimum atomic E-state index is -0.289. The van der Waals surface area contributed by atoms with Gasteiger partial charge >= 0.3 is 0 Å². The normalized spacial score (nSPS) is 11.5. The molecule has 0 bridgehead atoms. The number of ether oxygens (including phenoxy) is 2. The predicted molar refractivity (Wildman–Crippen MR) is 91.8 cm³/mol. The summed E-state index contributed by atoms with van der Waals surface area (Å²) in [5, 5.41) is 2.78. The number of nitrogens with one attached hydrogen (secondary N) is 1. The molecule has 1 aromatic heterocycles. The molecule has 24 heavy (non-hydrogen) atoms. The summed E-state index contributed by atoms with van der Waals surface area (Å²) < 4.78 is 11.0. The summed E-state index contributed by atoms with van der Waals surface area (Å²) in [5.41, 5.74) is 0.269. The summed E-state index contributed by atoms with van der Waals surface area (Å²) in [6.07, 6.45) is 2.79. The fraction of sp³-hybridized carbons (Fsp3) is 0.353. The first kappa shape index (κ1) is 17.5. The highest BCUT2D eigenvalue weighted by atomic mass is 16.5. The van der Waals surface area contributed by atoms with Crippen molar-refractivity contribution in [3.05, 3.63) is 42.4 Å². The van der Waals surface area contributed by atoms with Gasteiger partial charge in [-0.3, -0.25) is 4.79 Å². The second kappa shape index (κ2) is 8.14. The average Bonchev–Trinajstić information content (AvgIpc) is 2.60. The third-order valence-corrected chi connectivity index (χ3v) is 3.28. The number of carbonyl (C=O) groups excluding carboxylic acids is 1. The number of benzene rings is 1. The minimum absolute atomic E-state index is 0.223. The van der Waals surface area contributed by atoms with Gasteiger partial charge in [-0.15, -0.1) is 0 Å². The minimum Gasteiger partial charge on any atom is -0.493 e. The number of rotatable bonds is 7. The topological polar surface area (TPSA) is 76.6 Å². The van der Waals surface area contributed by atoms with Gasteiger partial charge in [0.15, 0.2) is 11.5 Å². The lowest BCUT2D eigenvalue weighted by Gasteiger charge is -2.17. The quantitative estimate of drug-likeness (QED) is 0.833. The van der Waals surface area contributed by atoms with Gasteiger partial charge in [-0.1, -0.05) is 12.1 Å². The summed E-state index contributed by atoms with van der Waals surface area (Å²) in [6.45, 7) is 2.21. The Balaban J connectivity index is 1.89. The molecule has 2 rings (SSSR count). The van der Waals surface area contributed by atoms with Crippen molar-refractivity contribution in [2.24, 2.45) is 0 Å². The third-order valence-electron chi connectivity index (χ3n) is 3.28. The number of nitrogens with zero attached hydrogens (tertiary/aromatic N) is 3. The fourth-order valence-corrected chi connectivity index (χ4v) is 1.97. The van der Waals surface area contributed by atoms with Crippen LogP contribution in [0.1, 0.15) is 17.4 Å². The fourth-order valence-electron chi connectivity index (χ4n) is 1.97. The number of hydrogen-bond acceptors (Lipinski definition) is 6. The summed E-state index contributed by atoms with van der Waals surface area (Å²) in [5.74, 6) is 1.69. The molecular formula is C17H22N4O3. The highest BCUT2D eigenvalue weighted by Gasteiger charge is 2.12. The van der Waals surface area contributed by atoms with E-state index in [-0.39, 0.29) is 17.7 Å². The molecule has 1 N–H and O–H groups in total. The number of carbonyl (C=O) groups is 1. The van der Waals surface area contributed by atoms with Crippen molar-refractivity contribution in [3.63, 3.8) is 0 Å². The zero-order valence-electron chi connectivity index (χ0n) is 14.3. The Morgan fingerprint density at radius 3 is 2.50 bits per heavy atom. The van der Waals surface area contributed by atoms with Crippen LogP contribution in [-0.2, 0) is 0 Å².